The number of nitrogens with zero attached hydrogens (tertiary/aromatic N) is 3. The molecule has 2 fully saturated rings. The zero-order chi connectivity index (χ0) is 18.5. The van der Waals surface area contributed by atoms with Gasteiger partial charge in [0.25, 0.3) is 6.47 Å². The van der Waals surface area contributed by atoms with Gasteiger partial charge >= 0.3 is 0 Å². The second-order valence-corrected chi connectivity index (χ2v) is 6.34. The number of carboxylic acid groups (broad SMARTS) is 1. The Balaban J connectivity index is 0.000000613. The summed E-state index contributed by atoms with van der Waals surface area (Å²) in [6.07, 6.45) is 7.86. The Bertz CT molecular complexity index is 716. The number of H-pyrrole nitrogens is 1. The molecule has 9 heteroatoms. The molecule has 26 heavy (non-hydrogen) atoms. The van der Waals surface area contributed by atoms with Gasteiger partial charge in [-0.05, 0) is 6.42 Å². The van der Waals surface area contributed by atoms with Crippen molar-refractivity contribution in [3.63, 3.8) is 0 Å². The van der Waals surface area contributed by atoms with Gasteiger partial charge in [-0.1, -0.05) is 13.3 Å². The van der Waals surface area contributed by atoms with E-state index < -0.39 is 6.10 Å². The van der Waals surface area contributed by atoms with E-state index in [4.69, 9.17) is 19.4 Å². The van der Waals surface area contributed by atoms with E-state index in [2.05, 4.69) is 26.4 Å². The number of hydrogen-bond donors (Lipinski definition) is 3. The van der Waals surface area contributed by atoms with Gasteiger partial charge in [-0.3, -0.25) is 4.79 Å². The predicted molar refractivity (Wildman–Crippen MR) is 91.6 cm³/mol. The molecule has 2 aliphatic heterocycles. The van der Waals surface area contributed by atoms with Gasteiger partial charge in [0.2, 0.25) is 0 Å². The monoisotopic (exact) mass is 364 g/mol. The number of hydrogen-bond acceptors (Lipinski definition) is 6. The number of nitrogens with one attached hydrogen (secondary N) is 1. The second-order valence-electron chi connectivity index (χ2n) is 6.34. The zero-order valence-corrected chi connectivity index (χ0v) is 14.6. The normalized spacial score (nSPS) is 27.0. The molecule has 2 aromatic heterocycles. The molecule has 4 heterocycles. The summed E-state index contributed by atoms with van der Waals surface area (Å²) in [4.78, 5) is 20.6. The van der Waals surface area contributed by atoms with Gasteiger partial charge in [-0.15, -0.1) is 0 Å². The van der Waals surface area contributed by atoms with Crippen LogP contribution in [-0.4, -0.2) is 67.7 Å². The Morgan fingerprint density at radius 2 is 2.12 bits per heavy atom. The maximum atomic E-state index is 9.90. The summed E-state index contributed by atoms with van der Waals surface area (Å²) in [5.41, 5.74) is 0.906. The van der Waals surface area contributed by atoms with Gasteiger partial charge in [0.1, 0.15) is 29.8 Å². The van der Waals surface area contributed by atoms with Crippen LogP contribution in [-0.2, 0) is 20.7 Å². The van der Waals surface area contributed by atoms with Crippen LogP contribution in [0.3, 0.4) is 0 Å². The molecule has 9 nitrogen and oxygen atoms in total. The molecule has 4 atom stereocenters. The van der Waals surface area contributed by atoms with Crippen LogP contribution >= 0.6 is 0 Å². The smallest absolute Gasteiger partial charge is 0.290 e. The van der Waals surface area contributed by atoms with Crippen LogP contribution in [0.15, 0.2) is 18.6 Å². The third kappa shape index (κ3) is 3.64. The number of rotatable bonds is 5. The van der Waals surface area contributed by atoms with Crippen molar-refractivity contribution in [3.8, 4) is 11.5 Å². The van der Waals surface area contributed by atoms with Crippen LogP contribution in [0.4, 0.5) is 0 Å². The van der Waals surface area contributed by atoms with Crippen molar-refractivity contribution in [2.75, 3.05) is 13.2 Å². The van der Waals surface area contributed by atoms with E-state index in [1.807, 2.05) is 12.4 Å². The van der Waals surface area contributed by atoms with E-state index >= 15 is 0 Å². The SMILES string of the molecule is CCCCc1ncc(-c2nccn2[C@@H]2CO[C@H]3[C@@H]2OC[C@H]3O)[nH]1.O=CO. The third-order valence-corrected chi connectivity index (χ3v) is 4.66. The first-order valence-electron chi connectivity index (χ1n) is 8.75. The maximum absolute atomic E-state index is 9.90. The molecule has 142 valence electrons. The highest BCUT2D eigenvalue weighted by Gasteiger charge is 2.48. The van der Waals surface area contributed by atoms with Crippen LogP contribution in [0.1, 0.15) is 31.6 Å². The second kappa shape index (κ2) is 8.43. The van der Waals surface area contributed by atoms with Crippen LogP contribution in [0.2, 0.25) is 0 Å². The van der Waals surface area contributed by atoms with Crippen LogP contribution < -0.4 is 0 Å². The van der Waals surface area contributed by atoms with Gasteiger partial charge < -0.3 is 29.2 Å². The minimum atomic E-state index is -0.537. The van der Waals surface area contributed by atoms with Gasteiger partial charge in [0.15, 0.2) is 5.82 Å². The fourth-order valence-electron chi connectivity index (χ4n) is 3.43. The molecular formula is C17H24N4O5. The molecule has 0 aliphatic carbocycles. The molecule has 2 aromatic rings. The Morgan fingerprint density at radius 3 is 2.88 bits per heavy atom. The van der Waals surface area contributed by atoms with Crippen LogP contribution in [0.25, 0.3) is 11.5 Å². The van der Waals surface area contributed by atoms with Gasteiger partial charge in [-0.2, -0.15) is 0 Å². The molecule has 0 bridgehead atoms. The lowest BCUT2D eigenvalue weighted by Gasteiger charge is -2.19. The molecule has 0 radical (unpaired) electrons. The molecule has 0 saturated carbocycles. The molecule has 0 spiro atoms. The highest BCUT2D eigenvalue weighted by Crippen LogP contribution is 2.36. The molecule has 0 aromatic carbocycles. The Hall–Kier alpha value is -2.23. The number of aliphatic hydroxyl groups is 1. The number of aromatic nitrogens is 4. The van der Waals surface area contributed by atoms with Gasteiger partial charge in [0, 0.05) is 18.8 Å². The maximum Gasteiger partial charge on any atom is 0.290 e. The van der Waals surface area contributed by atoms with Crippen molar-refractivity contribution >= 4 is 6.47 Å². The third-order valence-electron chi connectivity index (χ3n) is 4.66. The molecule has 2 aliphatic rings. The first-order chi connectivity index (χ1) is 12.7. The molecular weight excluding hydrogens is 340 g/mol. The minimum Gasteiger partial charge on any atom is -0.483 e. The highest BCUT2D eigenvalue weighted by molar-refractivity contribution is 5.49. The number of aliphatic hydroxyl groups excluding tert-OH is 1. The van der Waals surface area contributed by atoms with E-state index in [0.717, 1.165) is 36.6 Å². The average Bonchev–Trinajstić information content (AvgIpc) is 3.39. The first kappa shape index (κ1) is 18.6. The van der Waals surface area contributed by atoms with Crippen LogP contribution in [0, 0.1) is 0 Å². The average molecular weight is 364 g/mol. The summed E-state index contributed by atoms with van der Waals surface area (Å²) in [5, 5.41) is 16.8. The number of aryl methyl sites for hydroxylation is 1. The van der Waals surface area contributed by atoms with Crippen molar-refractivity contribution in [3.05, 3.63) is 24.4 Å². The minimum absolute atomic E-state index is 0.0250. The largest absolute Gasteiger partial charge is 0.483 e. The Morgan fingerprint density at radius 1 is 1.35 bits per heavy atom. The number of carbonyl (C=O) groups is 1. The fourth-order valence-corrected chi connectivity index (χ4v) is 3.43. The van der Waals surface area contributed by atoms with Crippen molar-refractivity contribution in [2.24, 2.45) is 0 Å². The van der Waals surface area contributed by atoms with E-state index in [1.165, 1.54) is 0 Å². The fraction of sp³-hybridized carbons (Fsp3) is 0.588. The highest BCUT2D eigenvalue weighted by atomic mass is 16.6. The van der Waals surface area contributed by atoms with E-state index in [1.54, 1.807) is 6.20 Å². The standard InChI is InChI=1S/C16H22N4O3.CH2O2/c1-2-3-4-13-18-7-10(19-13)16-17-5-6-20(16)11-8-22-15-12(21)9-23-14(11)15;2-1-3/h5-7,11-12,14-15,21H,2-4,8-9H2,1H3,(H,18,19);1H,(H,2,3)/t11-,12-,14-,15-;/m1./s1. The Kier molecular flexibility index (Phi) is 6.02. The van der Waals surface area contributed by atoms with Crippen LogP contribution in [0.5, 0.6) is 0 Å². The lowest BCUT2D eigenvalue weighted by molar-refractivity contribution is -0.122. The molecule has 2 saturated heterocycles. The first-order valence-corrected chi connectivity index (χ1v) is 8.75. The summed E-state index contributed by atoms with van der Waals surface area (Å²) in [5.74, 6) is 1.82. The molecule has 4 rings (SSSR count). The predicted octanol–water partition coefficient (Wildman–Crippen LogP) is 1.02. The van der Waals surface area contributed by atoms with E-state index in [0.29, 0.717) is 13.2 Å². The van der Waals surface area contributed by atoms with E-state index in [9.17, 15) is 5.11 Å². The number of ether oxygens (including phenoxy) is 2. The van der Waals surface area contributed by atoms with Gasteiger partial charge in [-0.25, -0.2) is 9.97 Å². The lowest BCUT2D eigenvalue weighted by atomic mass is 10.1. The summed E-state index contributed by atoms with van der Waals surface area (Å²) >= 11 is 0. The van der Waals surface area contributed by atoms with Crippen molar-refractivity contribution < 1.29 is 24.5 Å². The van der Waals surface area contributed by atoms with Gasteiger partial charge in [0.05, 0.1) is 25.5 Å². The number of fused-ring (bicyclic) bond motifs is 1. The summed E-state index contributed by atoms with van der Waals surface area (Å²) in [6.45, 7) is 2.77. The molecule has 0 amide bonds. The number of unbranched alkanes of at least 4 members (excludes halogenated alkanes) is 1. The lowest BCUT2D eigenvalue weighted by Crippen LogP contribution is -2.30. The Labute approximate surface area is 151 Å². The summed E-state index contributed by atoms with van der Waals surface area (Å²) in [7, 11) is 0. The van der Waals surface area contributed by atoms with Crippen molar-refractivity contribution in [1.82, 2.24) is 19.5 Å². The molecule has 3 N–H and O–H groups in total. The van der Waals surface area contributed by atoms with Crippen molar-refractivity contribution in [1.29, 1.82) is 0 Å². The topological polar surface area (TPSA) is 122 Å². The molecule has 0 unspecified atom stereocenters. The summed E-state index contributed by atoms with van der Waals surface area (Å²) in [6, 6.07) is 0.0250. The number of aromatic amines is 1. The number of imidazole rings is 2. The summed E-state index contributed by atoms with van der Waals surface area (Å²) < 4.78 is 13.5. The van der Waals surface area contributed by atoms with E-state index in [-0.39, 0.29) is 24.7 Å². The zero-order valence-electron chi connectivity index (χ0n) is 14.6. The van der Waals surface area contributed by atoms with Crippen molar-refractivity contribution in [2.45, 2.75) is 50.5 Å². The quantitative estimate of drug-likeness (QED) is 0.677.